The van der Waals surface area contributed by atoms with Crippen molar-refractivity contribution in [3.63, 3.8) is 0 Å². The summed E-state index contributed by atoms with van der Waals surface area (Å²) in [6.45, 7) is 7.04. The van der Waals surface area contributed by atoms with Crippen molar-refractivity contribution in [3.05, 3.63) is 64.2 Å². The molecule has 0 heterocycles. The summed E-state index contributed by atoms with van der Waals surface area (Å²) in [6.07, 6.45) is -0.997. The fourth-order valence-electron chi connectivity index (χ4n) is 2.60. The van der Waals surface area contributed by atoms with Crippen LogP contribution < -0.4 is 0 Å². The fourth-order valence-corrected chi connectivity index (χ4v) is 3.53. The van der Waals surface area contributed by atoms with Crippen molar-refractivity contribution in [1.29, 1.82) is 0 Å². The molecular weight excluding hydrogens is 378 g/mol. The van der Waals surface area contributed by atoms with E-state index < -0.39 is 22.1 Å². The zero-order valence-corrected chi connectivity index (χ0v) is 17.8. The smallest absolute Gasteiger partial charge is 0.339 e. The average Bonchev–Trinajstić information content (AvgIpc) is 2.63. The first kappa shape index (κ1) is 21.8. The molecule has 2 aromatic rings. The first-order valence-corrected chi connectivity index (χ1v) is 10.2. The van der Waals surface area contributed by atoms with E-state index in [1.54, 1.807) is 25.1 Å². The van der Waals surface area contributed by atoms with Crippen molar-refractivity contribution in [2.24, 2.45) is 0 Å². The zero-order valence-electron chi connectivity index (χ0n) is 16.9. The van der Waals surface area contributed by atoms with E-state index in [1.807, 2.05) is 19.9 Å². The van der Waals surface area contributed by atoms with Crippen LogP contribution in [0.3, 0.4) is 0 Å². The number of aryl methyl sites for hydroxylation is 3. The molecule has 0 fully saturated rings. The Balaban J connectivity index is 2.26. The predicted octanol–water partition coefficient (Wildman–Crippen LogP) is 3.29. The van der Waals surface area contributed by atoms with Gasteiger partial charge in [0.05, 0.1) is 10.5 Å². The molecule has 0 aliphatic carbocycles. The first-order valence-electron chi connectivity index (χ1n) is 8.80. The maximum Gasteiger partial charge on any atom is 0.339 e. The van der Waals surface area contributed by atoms with E-state index in [-0.39, 0.29) is 16.2 Å². The minimum Gasteiger partial charge on any atom is -0.451 e. The maximum atomic E-state index is 12.6. The molecule has 0 saturated heterocycles. The van der Waals surface area contributed by atoms with Gasteiger partial charge in [-0.3, -0.25) is 4.79 Å². The lowest BCUT2D eigenvalue weighted by Crippen LogP contribution is -2.26. The molecule has 0 N–H and O–H groups in total. The number of sulfonamides is 1. The highest BCUT2D eigenvalue weighted by Crippen LogP contribution is 2.20. The van der Waals surface area contributed by atoms with E-state index >= 15 is 0 Å². The van der Waals surface area contributed by atoms with Crippen LogP contribution in [0.2, 0.25) is 0 Å². The van der Waals surface area contributed by atoms with Gasteiger partial charge in [0.1, 0.15) is 0 Å². The Kier molecular flexibility index (Phi) is 6.41. The van der Waals surface area contributed by atoms with Gasteiger partial charge in [-0.25, -0.2) is 17.5 Å². The molecule has 7 heteroatoms. The van der Waals surface area contributed by atoms with Gasteiger partial charge in [-0.1, -0.05) is 18.2 Å². The van der Waals surface area contributed by atoms with E-state index in [9.17, 15) is 18.0 Å². The Morgan fingerprint density at radius 2 is 1.54 bits per heavy atom. The number of Topliss-reactive ketones (excluding diaryl/α,β-unsaturated/α-hetero) is 1. The van der Waals surface area contributed by atoms with Gasteiger partial charge in [-0.2, -0.15) is 0 Å². The fraction of sp³-hybridized carbons (Fsp3) is 0.333. The van der Waals surface area contributed by atoms with Crippen molar-refractivity contribution in [3.8, 4) is 0 Å². The van der Waals surface area contributed by atoms with Gasteiger partial charge in [0.25, 0.3) is 0 Å². The highest BCUT2D eigenvalue weighted by molar-refractivity contribution is 7.89. The number of hydrogen-bond acceptors (Lipinski definition) is 5. The van der Waals surface area contributed by atoms with Gasteiger partial charge in [0.15, 0.2) is 6.10 Å². The summed E-state index contributed by atoms with van der Waals surface area (Å²) in [4.78, 5) is 25.2. The standard InChI is InChI=1S/C21H25NO5S/c1-13-7-9-17(11-15(13)3)20(23)16(4)27-21(24)19-12-18(10-8-14(19)2)28(25,26)22(5)6/h7-12,16H,1-6H3. The number of hydrogen-bond donors (Lipinski definition) is 0. The van der Waals surface area contributed by atoms with Crippen LogP contribution in [-0.4, -0.2) is 44.7 Å². The largest absolute Gasteiger partial charge is 0.451 e. The molecule has 1 atom stereocenters. The number of ketones is 1. The van der Waals surface area contributed by atoms with E-state index in [1.165, 1.54) is 33.2 Å². The van der Waals surface area contributed by atoms with E-state index in [0.29, 0.717) is 11.1 Å². The summed E-state index contributed by atoms with van der Waals surface area (Å²) < 4.78 is 31.0. The highest BCUT2D eigenvalue weighted by Gasteiger charge is 2.24. The molecule has 150 valence electrons. The second kappa shape index (κ2) is 8.24. The number of benzene rings is 2. The van der Waals surface area contributed by atoms with Crippen LogP contribution in [0.4, 0.5) is 0 Å². The second-order valence-corrected chi connectivity index (χ2v) is 9.13. The Labute approximate surface area is 166 Å². The molecule has 0 aliphatic heterocycles. The molecule has 0 saturated carbocycles. The van der Waals surface area contributed by atoms with Crippen molar-refractivity contribution in [2.45, 2.75) is 38.7 Å². The van der Waals surface area contributed by atoms with Crippen LogP contribution in [0.5, 0.6) is 0 Å². The van der Waals surface area contributed by atoms with Gasteiger partial charge in [-0.15, -0.1) is 0 Å². The molecule has 2 aromatic carbocycles. The number of carbonyl (C=O) groups excluding carboxylic acids is 2. The van der Waals surface area contributed by atoms with E-state index in [4.69, 9.17) is 4.74 Å². The summed E-state index contributed by atoms with van der Waals surface area (Å²) in [5, 5.41) is 0. The monoisotopic (exact) mass is 403 g/mol. The topological polar surface area (TPSA) is 80.8 Å². The number of nitrogens with zero attached hydrogens (tertiary/aromatic N) is 1. The van der Waals surface area contributed by atoms with Crippen LogP contribution in [-0.2, 0) is 14.8 Å². The molecule has 0 amide bonds. The minimum atomic E-state index is -3.69. The molecule has 0 bridgehead atoms. The Hall–Kier alpha value is -2.51. The molecule has 0 aromatic heterocycles. The van der Waals surface area contributed by atoms with Crippen molar-refractivity contribution in [2.75, 3.05) is 14.1 Å². The molecule has 0 aliphatic rings. The SMILES string of the molecule is Cc1ccc(C(=O)C(C)OC(=O)c2cc(S(=O)(=O)N(C)C)ccc2C)cc1C. The molecular formula is C21H25NO5S. The first-order chi connectivity index (χ1) is 12.9. The van der Waals surface area contributed by atoms with E-state index in [0.717, 1.165) is 15.4 Å². The summed E-state index contributed by atoms with van der Waals surface area (Å²) >= 11 is 0. The van der Waals surface area contributed by atoms with Gasteiger partial charge < -0.3 is 4.74 Å². The minimum absolute atomic E-state index is 0.0109. The maximum absolute atomic E-state index is 12.6. The zero-order chi connectivity index (χ0) is 21.2. The van der Waals surface area contributed by atoms with Gasteiger partial charge >= 0.3 is 5.97 Å². The van der Waals surface area contributed by atoms with Crippen LogP contribution in [0, 0.1) is 20.8 Å². The Morgan fingerprint density at radius 1 is 0.929 bits per heavy atom. The summed E-state index contributed by atoms with van der Waals surface area (Å²) in [5.41, 5.74) is 3.18. The van der Waals surface area contributed by atoms with Crippen LogP contribution in [0.1, 0.15) is 44.3 Å². The third kappa shape index (κ3) is 4.48. The van der Waals surface area contributed by atoms with Crippen molar-refractivity contribution >= 4 is 21.8 Å². The number of ether oxygens (including phenoxy) is 1. The number of carbonyl (C=O) groups is 2. The van der Waals surface area contributed by atoms with Crippen LogP contribution in [0.15, 0.2) is 41.3 Å². The normalized spacial score (nSPS) is 12.7. The van der Waals surface area contributed by atoms with Gasteiger partial charge in [-0.05, 0) is 62.6 Å². The summed E-state index contributed by atoms with van der Waals surface area (Å²) in [7, 11) is -0.859. The van der Waals surface area contributed by atoms with Crippen LogP contribution in [0.25, 0.3) is 0 Å². The third-order valence-corrected chi connectivity index (χ3v) is 6.46. The van der Waals surface area contributed by atoms with Crippen molar-refractivity contribution < 1.29 is 22.7 Å². The lowest BCUT2D eigenvalue weighted by molar-refractivity contribution is 0.0318. The summed E-state index contributed by atoms with van der Waals surface area (Å²) in [6, 6.07) is 9.56. The van der Waals surface area contributed by atoms with Gasteiger partial charge in [0.2, 0.25) is 15.8 Å². The molecule has 0 spiro atoms. The van der Waals surface area contributed by atoms with Crippen molar-refractivity contribution in [1.82, 2.24) is 4.31 Å². The number of rotatable bonds is 6. The molecule has 28 heavy (non-hydrogen) atoms. The van der Waals surface area contributed by atoms with E-state index in [2.05, 4.69) is 0 Å². The van der Waals surface area contributed by atoms with Crippen LogP contribution >= 0.6 is 0 Å². The lowest BCUT2D eigenvalue weighted by Gasteiger charge is -2.16. The third-order valence-electron chi connectivity index (χ3n) is 4.65. The quantitative estimate of drug-likeness (QED) is 0.546. The van der Waals surface area contributed by atoms with Gasteiger partial charge in [0, 0.05) is 19.7 Å². The second-order valence-electron chi connectivity index (χ2n) is 6.97. The molecule has 0 radical (unpaired) electrons. The molecule has 2 rings (SSSR count). The number of esters is 1. The Morgan fingerprint density at radius 3 is 2.11 bits per heavy atom. The Bertz CT molecular complexity index is 1030. The lowest BCUT2D eigenvalue weighted by atomic mass is 10.0. The summed E-state index contributed by atoms with van der Waals surface area (Å²) in [5.74, 6) is -1.05. The molecule has 6 nitrogen and oxygen atoms in total. The average molecular weight is 404 g/mol. The highest BCUT2D eigenvalue weighted by atomic mass is 32.2. The molecule has 1 unspecified atom stereocenters. The predicted molar refractivity (Wildman–Crippen MR) is 107 cm³/mol.